The molecular formula is C13H18N2O2S. The summed E-state index contributed by atoms with van der Waals surface area (Å²) >= 11 is 4.20. The number of amides is 2. The van der Waals surface area contributed by atoms with Crippen molar-refractivity contribution in [2.75, 3.05) is 20.1 Å². The molecule has 18 heavy (non-hydrogen) atoms. The fraction of sp³-hybridized carbons (Fsp3) is 0.385. The minimum atomic E-state index is -0.249. The minimum Gasteiger partial charge on any atom is -0.345 e. The Kier molecular flexibility index (Phi) is 5.22. The summed E-state index contributed by atoms with van der Waals surface area (Å²) in [5.41, 5.74) is 1.41. The van der Waals surface area contributed by atoms with Gasteiger partial charge in [0.2, 0.25) is 5.91 Å². The van der Waals surface area contributed by atoms with Crippen LogP contribution in [0.15, 0.2) is 23.1 Å². The Morgan fingerprint density at radius 3 is 2.67 bits per heavy atom. The van der Waals surface area contributed by atoms with E-state index in [9.17, 15) is 9.59 Å². The van der Waals surface area contributed by atoms with Gasteiger partial charge < -0.3 is 10.2 Å². The topological polar surface area (TPSA) is 49.4 Å². The first-order chi connectivity index (χ1) is 8.45. The van der Waals surface area contributed by atoms with Crippen molar-refractivity contribution >= 4 is 24.4 Å². The molecule has 0 aliphatic carbocycles. The van der Waals surface area contributed by atoms with E-state index < -0.39 is 0 Å². The Balaban J connectivity index is 2.66. The molecule has 0 atom stereocenters. The van der Waals surface area contributed by atoms with Gasteiger partial charge in [0.25, 0.3) is 5.91 Å². The van der Waals surface area contributed by atoms with Crippen molar-refractivity contribution in [3.05, 3.63) is 29.3 Å². The van der Waals surface area contributed by atoms with Crippen LogP contribution >= 0.6 is 12.6 Å². The highest BCUT2D eigenvalue weighted by atomic mass is 32.1. The number of nitrogens with zero attached hydrogens (tertiary/aromatic N) is 1. The van der Waals surface area contributed by atoms with Gasteiger partial charge in [-0.15, -0.1) is 12.6 Å². The third kappa shape index (κ3) is 3.77. The summed E-state index contributed by atoms with van der Waals surface area (Å²) in [6, 6.07) is 5.35. The number of rotatable bonds is 4. The molecule has 0 fully saturated rings. The van der Waals surface area contributed by atoms with Gasteiger partial charge in [0.15, 0.2) is 0 Å². The van der Waals surface area contributed by atoms with Gasteiger partial charge >= 0.3 is 0 Å². The average Bonchev–Trinajstić information content (AvgIpc) is 2.37. The van der Waals surface area contributed by atoms with E-state index in [1.807, 2.05) is 26.0 Å². The van der Waals surface area contributed by atoms with Crippen LogP contribution < -0.4 is 5.32 Å². The number of nitrogens with one attached hydrogen (secondary N) is 1. The lowest BCUT2D eigenvalue weighted by Gasteiger charge is -2.15. The number of aryl methyl sites for hydroxylation is 1. The van der Waals surface area contributed by atoms with Crippen molar-refractivity contribution < 1.29 is 9.59 Å². The van der Waals surface area contributed by atoms with Crippen molar-refractivity contribution in [3.63, 3.8) is 0 Å². The highest BCUT2D eigenvalue weighted by molar-refractivity contribution is 7.80. The summed E-state index contributed by atoms with van der Waals surface area (Å²) in [6.45, 7) is 4.37. The zero-order chi connectivity index (χ0) is 13.7. The second kappa shape index (κ2) is 6.44. The number of thiol groups is 1. The van der Waals surface area contributed by atoms with E-state index in [0.29, 0.717) is 12.1 Å². The van der Waals surface area contributed by atoms with Crippen LogP contribution in [-0.4, -0.2) is 36.9 Å². The predicted octanol–water partition coefficient (Wildman–Crippen LogP) is 1.49. The van der Waals surface area contributed by atoms with Crippen molar-refractivity contribution in [2.45, 2.75) is 18.7 Å². The number of carbonyl (C=O) groups is 2. The quantitative estimate of drug-likeness (QED) is 0.811. The summed E-state index contributed by atoms with van der Waals surface area (Å²) in [4.78, 5) is 25.8. The van der Waals surface area contributed by atoms with Crippen LogP contribution in [0.2, 0.25) is 0 Å². The molecule has 0 aliphatic rings. The zero-order valence-corrected chi connectivity index (χ0v) is 11.8. The van der Waals surface area contributed by atoms with E-state index in [0.717, 1.165) is 10.5 Å². The maximum atomic E-state index is 11.9. The molecule has 1 aromatic rings. The zero-order valence-electron chi connectivity index (χ0n) is 10.9. The van der Waals surface area contributed by atoms with E-state index >= 15 is 0 Å². The first-order valence-electron chi connectivity index (χ1n) is 5.77. The first-order valence-corrected chi connectivity index (χ1v) is 6.22. The van der Waals surface area contributed by atoms with E-state index in [4.69, 9.17) is 0 Å². The monoisotopic (exact) mass is 266 g/mol. The third-order valence-corrected chi connectivity index (χ3v) is 3.04. The van der Waals surface area contributed by atoms with E-state index in [-0.39, 0.29) is 18.4 Å². The summed E-state index contributed by atoms with van der Waals surface area (Å²) in [6.07, 6.45) is 0. The van der Waals surface area contributed by atoms with Gasteiger partial charge in [-0.1, -0.05) is 6.07 Å². The molecule has 0 aliphatic heterocycles. The molecule has 1 aromatic carbocycles. The van der Waals surface area contributed by atoms with Crippen LogP contribution in [0.3, 0.4) is 0 Å². The van der Waals surface area contributed by atoms with Crippen LogP contribution in [0.5, 0.6) is 0 Å². The predicted molar refractivity (Wildman–Crippen MR) is 74.1 cm³/mol. The number of hydrogen-bond acceptors (Lipinski definition) is 3. The van der Waals surface area contributed by atoms with Crippen LogP contribution in [0, 0.1) is 6.92 Å². The molecular weight excluding hydrogens is 248 g/mol. The SMILES string of the molecule is CCN(C)C(=O)CNC(=O)c1cc(S)ccc1C. The van der Waals surface area contributed by atoms with E-state index in [1.54, 1.807) is 18.0 Å². The number of carbonyl (C=O) groups excluding carboxylic acids is 2. The lowest BCUT2D eigenvalue weighted by molar-refractivity contribution is -0.128. The molecule has 98 valence electrons. The average molecular weight is 266 g/mol. The molecule has 1 rings (SSSR count). The van der Waals surface area contributed by atoms with Crippen LogP contribution in [0.4, 0.5) is 0 Å². The fourth-order valence-electron chi connectivity index (χ4n) is 1.42. The van der Waals surface area contributed by atoms with Gasteiger partial charge in [-0.3, -0.25) is 9.59 Å². The Labute approximate surface area is 113 Å². The first kappa shape index (κ1) is 14.6. The van der Waals surface area contributed by atoms with Crippen LogP contribution in [0.1, 0.15) is 22.8 Å². The number of likely N-dealkylation sites (N-methyl/N-ethyl adjacent to an activating group) is 1. The largest absolute Gasteiger partial charge is 0.345 e. The molecule has 0 heterocycles. The van der Waals surface area contributed by atoms with Crippen molar-refractivity contribution in [3.8, 4) is 0 Å². The van der Waals surface area contributed by atoms with Gasteiger partial charge in [0.05, 0.1) is 6.54 Å². The molecule has 0 saturated heterocycles. The Morgan fingerprint density at radius 2 is 2.06 bits per heavy atom. The van der Waals surface area contributed by atoms with E-state index in [2.05, 4.69) is 17.9 Å². The fourth-order valence-corrected chi connectivity index (χ4v) is 1.62. The molecule has 5 heteroatoms. The van der Waals surface area contributed by atoms with Gasteiger partial charge in [0.1, 0.15) is 0 Å². The highest BCUT2D eigenvalue weighted by Crippen LogP contribution is 2.13. The highest BCUT2D eigenvalue weighted by Gasteiger charge is 2.12. The van der Waals surface area contributed by atoms with Crippen LogP contribution in [0.25, 0.3) is 0 Å². The molecule has 1 N–H and O–H groups in total. The Morgan fingerprint density at radius 1 is 1.39 bits per heavy atom. The van der Waals surface area contributed by atoms with Gasteiger partial charge in [-0.05, 0) is 31.5 Å². The van der Waals surface area contributed by atoms with Crippen molar-refractivity contribution in [1.82, 2.24) is 10.2 Å². The van der Waals surface area contributed by atoms with Gasteiger partial charge in [-0.25, -0.2) is 0 Å². The van der Waals surface area contributed by atoms with Crippen LogP contribution in [-0.2, 0) is 4.79 Å². The minimum absolute atomic E-state index is 0.0133. The molecule has 2 amide bonds. The summed E-state index contributed by atoms with van der Waals surface area (Å²) in [5.74, 6) is -0.355. The second-order valence-corrected chi connectivity index (χ2v) is 4.61. The summed E-state index contributed by atoms with van der Waals surface area (Å²) in [7, 11) is 1.70. The lowest BCUT2D eigenvalue weighted by Crippen LogP contribution is -2.38. The molecule has 0 unspecified atom stereocenters. The molecule has 0 aromatic heterocycles. The molecule has 0 spiro atoms. The van der Waals surface area contributed by atoms with Gasteiger partial charge in [0, 0.05) is 24.1 Å². The summed E-state index contributed by atoms with van der Waals surface area (Å²) in [5, 5.41) is 2.62. The van der Waals surface area contributed by atoms with E-state index in [1.165, 1.54) is 0 Å². The molecule has 0 radical (unpaired) electrons. The number of benzene rings is 1. The smallest absolute Gasteiger partial charge is 0.252 e. The van der Waals surface area contributed by atoms with Crippen molar-refractivity contribution in [1.29, 1.82) is 0 Å². The maximum absolute atomic E-state index is 11.9. The molecule has 0 saturated carbocycles. The third-order valence-electron chi connectivity index (χ3n) is 2.77. The number of hydrogen-bond donors (Lipinski definition) is 2. The Hall–Kier alpha value is -1.49. The van der Waals surface area contributed by atoms with Crippen molar-refractivity contribution in [2.24, 2.45) is 0 Å². The normalized spacial score (nSPS) is 10.0. The lowest BCUT2D eigenvalue weighted by atomic mass is 10.1. The van der Waals surface area contributed by atoms with Gasteiger partial charge in [-0.2, -0.15) is 0 Å². The standard InChI is InChI=1S/C13H18N2O2S/c1-4-15(3)12(16)8-14-13(17)11-7-10(18)6-5-9(11)2/h5-7,18H,4,8H2,1-3H3,(H,14,17). The molecule has 4 nitrogen and oxygen atoms in total. The summed E-state index contributed by atoms with van der Waals surface area (Å²) < 4.78 is 0. The Bertz CT molecular complexity index is 460. The molecule has 0 bridgehead atoms. The maximum Gasteiger partial charge on any atom is 0.252 e. The second-order valence-electron chi connectivity index (χ2n) is 4.09.